The molecule has 0 spiro atoms. The number of carbonyl (C=O) groups excluding carboxylic acids is 2. The van der Waals surface area contributed by atoms with Crippen molar-refractivity contribution in [2.75, 3.05) is 26.7 Å². The van der Waals surface area contributed by atoms with Gasteiger partial charge in [0.25, 0.3) is 5.91 Å². The molecule has 19 heavy (non-hydrogen) atoms. The van der Waals surface area contributed by atoms with Gasteiger partial charge in [0.2, 0.25) is 5.91 Å². The van der Waals surface area contributed by atoms with Gasteiger partial charge in [-0.05, 0) is 25.5 Å². The Morgan fingerprint density at radius 2 is 2.05 bits per heavy atom. The number of benzene rings is 1. The highest BCUT2D eigenvalue weighted by Crippen LogP contribution is 2.20. The molecule has 1 aliphatic rings. The molecule has 1 heterocycles. The first-order valence-corrected chi connectivity index (χ1v) is 6.32. The third kappa shape index (κ3) is 2.86. The molecule has 1 N–H and O–H groups in total. The summed E-state index contributed by atoms with van der Waals surface area (Å²) in [6.45, 7) is 3.12. The zero-order valence-corrected chi connectivity index (χ0v) is 11.2. The molecule has 1 aromatic carbocycles. The number of hydrogen-bond donors (Lipinski definition) is 1. The molecule has 2 amide bonds. The highest BCUT2D eigenvalue weighted by molar-refractivity contribution is 5.99. The summed E-state index contributed by atoms with van der Waals surface area (Å²) in [4.78, 5) is 27.3. The summed E-state index contributed by atoms with van der Waals surface area (Å²) in [7, 11) is 1.74. The average Bonchev–Trinajstić information content (AvgIpc) is 2.54. The van der Waals surface area contributed by atoms with Crippen LogP contribution in [0.25, 0.3) is 0 Å². The fourth-order valence-electron chi connectivity index (χ4n) is 2.15. The Labute approximate surface area is 112 Å². The number of phenolic OH excluding ortho intramolecular Hbond substituents is 1. The SMILES string of the molecule is Cc1ccc(O)c(C(=O)N2CCCN(C)C(=O)C2)c1. The van der Waals surface area contributed by atoms with Gasteiger partial charge in [-0.2, -0.15) is 0 Å². The second-order valence-corrected chi connectivity index (χ2v) is 4.92. The maximum absolute atomic E-state index is 12.4. The number of likely N-dealkylation sites (N-methyl/N-ethyl adjacent to an activating group) is 1. The lowest BCUT2D eigenvalue weighted by molar-refractivity contribution is -0.129. The lowest BCUT2D eigenvalue weighted by Crippen LogP contribution is -2.38. The highest BCUT2D eigenvalue weighted by atomic mass is 16.3. The fourth-order valence-corrected chi connectivity index (χ4v) is 2.15. The number of amides is 2. The lowest BCUT2D eigenvalue weighted by Gasteiger charge is -2.20. The summed E-state index contributed by atoms with van der Waals surface area (Å²) < 4.78 is 0. The van der Waals surface area contributed by atoms with Gasteiger partial charge in [0.05, 0.1) is 5.56 Å². The molecule has 1 aliphatic heterocycles. The third-order valence-corrected chi connectivity index (χ3v) is 3.34. The smallest absolute Gasteiger partial charge is 0.258 e. The molecule has 1 aromatic rings. The largest absolute Gasteiger partial charge is 0.507 e. The van der Waals surface area contributed by atoms with Crippen molar-refractivity contribution >= 4 is 11.8 Å². The first kappa shape index (κ1) is 13.4. The minimum atomic E-state index is -0.287. The van der Waals surface area contributed by atoms with Crippen LogP contribution >= 0.6 is 0 Å². The maximum atomic E-state index is 12.4. The van der Waals surface area contributed by atoms with E-state index in [2.05, 4.69) is 0 Å². The molecule has 0 aliphatic carbocycles. The van der Waals surface area contributed by atoms with Gasteiger partial charge in [0.1, 0.15) is 12.3 Å². The van der Waals surface area contributed by atoms with Crippen molar-refractivity contribution in [2.45, 2.75) is 13.3 Å². The van der Waals surface area contributed by atoms with Gasteiger partial charge in [-0.25, -0.2) is 0 Å². The second kappa shape index (κ2) is 5.30. The fraction of sp³-hybridized carbons (Fsp3) is 0.429. The quantitative estimate of drug-likeness (QED) is 0.821. The Hall–Kier alpha value is -2.04. The first-order chi connectivity index (χ1) is 8.99. The molecule has 102 valence electrons. The molecule has 0 unspecified atom stereocenters. The summed E-state index contributed by atoms with van der Waals surface area (Å²) in [6, 6.07) is 4.90. The number of carbonyl (C=O) groups is 2. The van der Waals surface area contributed by atoms with Crippen LogP contribution in [0.4, 0.5) is 0 Å². The van der Waals surface area contributed by atoms with Crippen LogP contribution in [0.15, 0.2) is 18.2 Å². The van der Waals surface area contributed by atoms with Gasteiger partial charge >= 0.3 is 0 Å². The van der Waals surface area contributed by atoms with Crippen LogP contribution < -0.4 is 0 Å². The molecule has 0 bridgehead atoms. The summed E-state index contributed by atoms with van der Waals surface area (Å²) >= 11 is 0. The minimum Gasteiger partial charge on any atom is -0.507 e. The molecule has 1 fully saturated rings. The Bertz CT molecular complexity index is 513. The monoisotopic (exact) mass is 262 g/mol. The molecule has 0 radical (unpaired) electrons. The van der Waals surface area contributed by atoms with E-state index in [0.29, 0.717) is 13.1 Å². The summed E-state index contributed by atoms with van der Waals surface area (Å²) in [6.07, 6.45) is 0.751. The van der Waals surface area contributed by atoms with E-state index >= 15 is 0 Å². The van der Waals surface area contributed by atoms with Crippen molar-refractivity contribution in [2.24, 2.45) is 0 Å². The van der Waals surface area contributed by atoms with Crippen LogP contribution in [0.2, 0.25) is 0 Å². The van der Waals surface area contributed by atoms with E-state index in [0.717, 1.165) is 12.0 Å². The van der Waals surface area contributed by atoms with Gasteiger partial charge in [-0.1, -0.05) is 11.6 Å². The molecular weight excluding hydrogens is 244 g/mol. The topological polar surface area (TPSA) is 60.9 Å². The van der Waals surface area contributed by atoms with Crippen molar-refractivity contribution in [1.29, 1.82) is 0 Å². The number of nitrogens with zero attached hydrogens (tertiary/aromatic N) is 2. The molecular formula is C14H18N2O3. The van der Waals surface area contributed by atoms with Crippen molar-refractivity contribution in [3.8, 4) is 5.75 Å². The Balaban J connectivity index is 2.23. The number of aryl methyl sites for hydroxylation is 1. The van der Waals surface area contributed by atoms with Gasteiger partial charge < -0.3 is 14.9 Å². The Morgan fingerprint density at radius 3 is 2.79 bits per heavy atom. The molecule has 0 aromatic heterocycles. The summed E-state index contributed by atoms with van der Waals surface area (Å²) in [5.74, 6) is -0.400. The van der Waals surface area contributed by atoms with E-state index in [-0.39, 0.29) is 29.7 Å². The van der Waals surface area contributed by atoms with E-state index in [4.69, 9.17) is 0 Å². The molecule has 1 saturated heterocycles. The van der Waals surface area contributed by atoms with E-state index in [1.165, 1.54) is 11.0 Å². The molecule has 0 atom stereocenters. The number of aromatic hydroxyl groups is 1. The Kier molecular flexibility index (Phi) is 3.74. The van der Waals surface area contributed by atoms with Crippen LogP contribution in [0.1, 0.15) is 22.3 Å². The van der Waals surface area contributed by atoms with Crippen LogP contribution in [0, 0.1) is 6.92 Å². The minimum absolute atomic E-state index is 0.0411. The predicted octanol–water partition coefficient (Wildman–Crippen LogP) is 1.00. The van der Waals surface area contributed by atoms with Crippen LogP contribution in [0.3, 0.4) is 0 Å². The molecule has 0 saturated carbocycles. The van der Waals surface area contributed by atoms with E-state index in [1.807, 2.05) is 6.92 Å². The van der Waals surface area contributed by atoms with Crippen molar-refractivity contribution in [3.05, 3.63) is 29.3 Å². The van der Waals surface area contributed by atoms with Crippen LogP contribution in [-0.2, 0) is 4.79 Å². The van der Waals surface area contributed by atoms with Crippen molar-refractivity contribution < 1.29 is 14.7 Å². The number of hydrogen-bond acceptors (Lipinski definition) is 3. The van der Waals surface area contributed by atoms with Crippen molar-refractivity contribution in [1.82, 2.24) is 9.80 Å². The van der Waals surface area contributed by atoms with Gasteiger partial charge in [0, 0.05) is 20.1 Å². The maximum Gasteiger partial charge on any atom is 0.258 e. The number of phenols is 1. The van der Waals surface area contributed by atoms with Gasteiger partial charge in [-0.15, -0.1) is 0 Å². The Morgan fingerprint density at radius 1 is 1.32 bits per heavy atom. The standard InChI is InChI=1S/C14H18N2O3/c1-10-4-5-12(17)11(8-10)14(19)16-7-3-6-15(2)13(18)9-16/h4-5,8,17H,3,6-7,9H2,1-2H3. The average molecular weight is 262 g/mol. The predicted molar refractivity (Wildman–Crippen MR) is 71.0 cm³/mol. The lowest BCUT2D eigenvalue weighted by atomic mass is 10.1. The summed E-state index contributed by atoms with van der Waals surface area (Å²) in [5.41, 5.74) is 1.16. The zero-order valence-electron chi connectivity index (χ0n) is 11.2. The van der Waals surface area contributed by atoms with E-state index in [1.54, 1.807) is 24.1 Å². The van der Waals surface area contributed by atoms with Crippen molar-refractivity contribution in [3.63, 3.8) is 0 Å². The number of rotatable bonds is 1. The first-order valence-electron chi connectivity index (χ1n) is 6.32. The van der Waals surface area contributed by atoms with Gasteiger partial charge in [-0.3, -0.25) is 9.59 Å². The van der Waals surface area contributed by atoms with E-state index < -0.39 is 0 Å². The normalized spacial score (nSPS) is 16.4. The molecule has 2 rings (SSSR count). The highest BCUT2D eigenvalue weighted by Gasteiger charge is 2.25. The van der Waals surface area contributed by atoms with Gasteiger partial charge in [0.15, 0.2) is 0 Å². The molecule has 5 heteroatoms. The summed E-state index contributed by atoms with van der Waals surface area (Å²) in [5, 5.41) is 9.78. The third-order valence-electron chi connectivity index (χ3n) is 3.34. The molecule has 5 nitrogen and oxygen atoms in total. The van der Waals surface area contributed by atoms with Crippen LogP contribution in [0.5, 0.6) is 5.75 Å². The van der Waals surface area contributed by atoms with E-state index in [9.17, 15) is 14.7 Å². The second-order valence-electron chi connectivity index (χ2n) is 4.92. The zero-order chi connectivity index (χ0) is 14.0. The van der Waals surface area contributed by atoms with Crippen LogP contribution in [-0.4, -0.2) is 53.4 Å².